The Morgan fingerprint density at radius 1 is 1.06 bits per heavy atom. The molecule has 0 saturated carbocycles. The zero-order chi connectivity index (χ0) is 26.2. The van der Waals surface area contributed by atoms with Crippen LogP contribution in [0.25, 0.3) is 0 Å². The Balaban J connectivity index is 1.85. The monoisotopic (exact) mass is 494 g/mol. The van der Waals surface area contributed by atoms with Crippen molar-refractivity contribution >= 4 is 23.5 Å². The Morgan fingerprint density at radius 3 is 2.17 bits per heavy atom. The number of aryl methyl sites for hydroxylation is 2. The number of benzene rings is 2. The molecule has 0 aliphatic carbocycles. The molecule has 2 aliphatic rings. The Kier molecular flexibility index (Phi) is 7.20. The lowest BCUT2D eigenvalue weighted by molar-refractivity contribution is -0.154. The van der Waals surface area contributed by atoms with E-state index in [9.17, 15) is 24.6 Å². The highest BCUT2D eigenvalue weighted by Crippen LogP contribution is 2.51. The van der Waals surface area contributed by atoms with Crippen LogP contribution in [0.2, 0.25) is 0 Å². The van der Waals surface area contributed by atoms with Crippen LogP contribution in [0.1, 0.15) is 56.8 Å². The van der Waals surface area contributed by atoms with Crippen LogP contribution in [0.15, 0.2) is 42.5 Å². The number of carboxylic acids is 1. The molecular formula is C28H34N2O6. The van der Waals surface area contributed by atoms with E-state index in [1.54, 1.807) is 24.3 Å². The number of nitrogens with one attached hydrogen (secondary N) is 1. The topological polar surface area (TPSA) is 116 Å². The predicted molar refractivity (Wildman–Crippen MR) is 135 cm³/mol. The summed E-state index contributed by atoms with van der Waals surface area (Å²) in [7, 11) is 0. The molecule has 2 saturated heterocycles. The second-order valence-electron chi connectivity index (χ2n) is 9.54. The Bertz CT molecular complexity index is 1140. The third kappa shape index (κ3) is 3.89. The standard InChI is InChI=1S/C28H34N2O6/c1-5-15-36-20-13-11-19(12-14-20)23-21-22(28(29-23,16(4)31)27(34)35)26(33)30(25(21)32)24-17(6-2)9-8-10-18(24)7-3/h8-14,16,21-23,29,31H,5-7,15H2,1-4H3,(H,34,35). The summed E-state index contributed by atoms with van der Waals surface area (Å²) >= 11 is 0. The van der Waals surface area contributed by atoms with Crippen LogP contribution >= 0.6 is 0 Å². The predicted octanol–water partition coefficient (Wildman–Crippen LogP) is 3.25. The molecule has 0 bridgehead atoms. The fraction of sp³-hybridized carbons (Fsp3) is 0.464. The number of hydrogen-bond donors (Lipinski definition) is 3. The number of anilines is 1. The number of fused-ring (bicyclic) bond motifs is 1. The molecule has 3 N–H and O–H groups in total. The van der Waals surface area contributed by atoms with Gasteiger partial charge in [-0.3, -0.25) is 19.7 Å². The number of para-hydroxylation sites is 1. The minimum Gasteiger partial charge on any atom is -0.494 e. The maximum absolute atomic E-state index is 14.0. The van der Waals surface area contributed by atoms with E-state index in [0.29, 0.717) is 36.4 Å². The highest BCUT2D eigenvalue weighted by atomic mass is 16.5. The lowest BCUT2D eigenvalue weighted by Crippen LogP contribution is -2.62. The molecule has 192 valence electrons. The van der Waals surface area contributed by atoms with Gasteiger partial charge < -0.3 is 14.9 Å². The van der Waals surface area contributed by atoms with E-state index in [2.05, 4.69) is 5.32 Å². The fourth-order valence-electron chi connectivity index (χ4n) is 5.70. The molecule has 5 unspecified atom stereocenters. The van der Waals surface area contributed by atoms with Gasteiger partial charge in [-0.15, -0.1) is 0 Å². The minimum absolute atomic E-state index is 0.451. The molecule has 8 heteroatoms. The zero-order valence-electron chi connectivity index (χ0n) is 21.2. The second kappa shape index (κ2) is 10.0. The number of rotatable bonds is 9. The number of imide groups is 1. The van der Waals surface area contributed by atoms with Crippen LogP contribution in [0.4, 0.5) is 5.69 Å². The molecule has 4 rings (SSSR count). The molecule has 0 radical (unpaired) electrons. The van der Waals surface area contributed by atoms with Crippen LogP contribution in [0.3, 0.4) is 0 Å². The van der Waals surface area contributed by atoms with Gasteiger partial charge in [-0.1, -0.05) is 51.1 Å². The number of carbonyl (C=O) groups is 3. The molecule has 2 amide bonds. The highest BCUT2D eigenvalue weighted by Gasteiger charge is 2.70. The molecule has 8 nitrogen and oxygen atoms in total. The average molecular weight is 495 g/mol. The number of carboxylic acid groups (broad SMARTS) is 1. The van der Waals surface area contributed by atoms with Crippen molar-refractivity contribution in [1.29, 1.82) is 0 Å². The molecule has 2 heterocycles. The lowest BCUT2D eigenvalue weighted by Gasteiger charge is -2.34. The molecule has 5 atom stereocenters. The van der Waals surface area contributed by atoms with E-state index in [0.717, 1.165) is 17.5 Å². The summed E-state index contributed by atoms with van der Waals surface area (Å²) < 4.78 is 5.66. The first-order chi connectivity index (χ1) is 17.2. The normalized spacial score (nSPS) is 26.2. The average Bonchev–Trinajstić information content (AvgIpc) is 3.37. The largest absolute Gasteiger partial charge is 0.494 e. The number of nitrogens with zero attached hydrogens (tertiary/aromatic N) is 1. The quantitative estimate of drug-likeness (QED) is 0.458. The minimum atomic E-state index is -2.01. The summed E-state index contributed by atoms with van der Waals surface area (Å²) in [4.78, 5) is 41.9. The molecule has 0 aromatic heterocycles. The summed E-state index contributed by atoms with van der Waals surface area (Å²) in [5, 5.41) is 24.1. The van der Waals surface area contributed by atoms with Crippen molar-refractivity contribution in [2.45, 2.75) is 64.6 Å². The third-order valence-electron chi connectivity index (χ3n) is 7.51. The van der Waals surface area contributed by atoms with Gasteiger partial charge in [-0.05, 0) is 55.0 Å². The van der Waals surface area contributed by atoms with Crippen LogP contribution in [0.5, 0.6) is 5.75 Å². The van der Waals surface area contributed by atoms with Gasteiger partial charge in [0.25, 0.3) is 0 Å². The first kappa shape index (κ1) is 25.9. The second-order valence-corrected chi connectivity index (χ2v) is 9.54. The van der Waals surface area contributed by atoms with Crippen LogP contribution in [0, 0.1) is 11.8 Å². The SMILES string of the molecule is CCCOc1ccc(C2NC(C(=O)O)(C(C)O)C3C(=O)N(c4c(CC)cccc4CC)C(=O)C23)cc1. The van der Waals surface area contributed by atoms with Crippen LogP contribution in [-0.2, 0) is 27.2 Å². The van der Waals surface area contributed by atoms with Gasteiger partial charge in [0.15, 0.2) is 5.54 Å². The van der Waals surface area contributed by atoms with Gasteiger partial charge in [-0.25, -0.2) is 4.90 Å². The highest BCUT2D eigenvalue weighted by molar-refractivity contribution is 6.25. The molecular weight excluding hydrogens is 460 g/mol. The summed E-state index contributed by atoms with van der Waals surface area (Å²) in [6.07, 6.45) is 0.647. The number of aliphatic hydroxyl groups excluding tert-OH is 1. The number of carbonyl (C=O) groups excluding carboxylic acids is 2. The van der Waals surface area contributed by atoms with Gasteiger partial charge in [-0.2, -0.15) is 0 Å². The van der Waals surface area contributed by atoms with Crippen LogP contribution in [-0.4, -0.2) is 46.2 Å². The first-order valence-corrected chi connectivity index (χ1v) is 12.6. The maximum atomic E-state index is 14.0. The third-order valence-corrected chi connectivity index (χ3v) is 7.51. The maximum Gasteiger partial charge on any atom is 0.327 e. The van der Waals surface area contributed by atoms with Crippen molar-refractivity contribution in [3.63, 3.8) is 0 Å². The van der Waals surface area contributed by atoms with E-state index >= 15 is 0 Å². The van der Waals surface area contributed by atoms with Gasteiger partial charge in [0.1, 0.15) is 5.75 Å². The van der Waals surface area contributed by atoms with Crippen molar-refractivity contribution in [2.24, 2.45) is 11.8 Å². The molecule has 2 aromatic carbocycles. The Labute approximate surface area is 211 Å². The summed E-state index contributed by atoms with van der Waals surface area (Å²) in [5.41, 5.74) is 0.868. The number of ether oxygens (including phenoxy) is 1. The van der Waals surface area contributed by atoms with Crippen molar-refractivity contribution in [2.75, 3.05) is 11.5 Å². The van der Waals surface area contributed by atoms with Crippen molar-refractivity contribution in [1.82, 2.24) is 5.32 Å². The number of aliphatic hydroxyl groups is 1. The first-order valence-electron chi connectivity index (χ1n) is 12.6. The van der Waals surface area contributed by atoms with Crippen molar-refractivity contribution in [3.05, 3.63) is 59.2 Å². The van der Waals surface area contributed by atoms with E-state index in [1.807, 2.05) is 39.0 Å². The summed E-state index contributed by atoms with van der Waals surface area (Å²) in [6, 6.07) is 12.0. The van der Waals surface area contributed by atoms with E-state index in [-0.39, 0.29) is 0 Å². The number of hydrogen-bond acceptors (Lipinski definition) is 6. The van der Waals surface area contributed by atoms with Gasteiger partial charge in [0.2, 0.25) is 11.8 Å². The van der Waals surface area contributed by atoms with E-state index in [4.69, 9.17) is 4.74 Å². The Hall–Kier alpha value is -3.23. The van der Waals surface area contributed by atoms with Gasteiger partial charge in [0.05, 0.1) is 30.2 Å². The van der Waals surface area contributed by atoms with Gasteiger partial charge >= 0.3 is 5.97 Å². The zero-order valence-corrected chi connectivity index (χ0v) is 21.2. The molecule has 2 aromatic rings. The molecule has 2 aliphatic heterocycles. The molecule has 36 heavy (non-hydrogen) atoms. The van der Waals surface area contributed by atoms with Crippen molar-refractivity contribution in [3.8, 4) is 5.75 Å². The van der Waals surface area contributed by atoms with Gasteiger partial charge in [0, 0.05) is 6.04 Å². The number of amides is 2. The van der Waals surface area contributed by atoms with E-state index < -0.39 is 47.3 Å². The smallest absolute Gasteiger partial charge is 0.327 e. The van der Waals surface area contributed by atoms with Crippen molar-refractivity contribution < 1.29 is 29.3 Å². The summed E-state index contributed by atoms with van der Waals surface area (Å²) in [5.74, 6) is -4.00. The summed E-state index contributed by atoms with van der Waals surface area (Å²) in [6.45, 7) is 7.82. The molecule has 0 spiro atoms. The lowest BCUT2D eigenvalue weighted by atomic mass is 9.76. The Morgan fingerprint density at radius 2 is 1.67 bits per heavy atom. The van der Waals surface area contributed by atoms with E-state index in [1.165, 1.54) is 11.8 Å². The number of aliphatic carboxylic acids is 1. The fourth-order valence-corrected chi connectivity index (χ4v) is 5.70. The van der Waals surface area contributed by atoms with Crippen LogP contribution < -0.4 is 15.0 Å². The molecule has 2 fully saturated rings.